The van der Waals surface area contributed by atoms with Crippen molar-refractivity contribution in [1.82, 2.24) is 15.6 Å². The predicted molar refractivity (Wildman–Crippen MR) is 121 cm³/mol. The zero-order chi connectivity index (χ0) is 20.3. The summed E-state index contributed by atoms with van der Waals surface area (Å²) < 4.78 is 33.8. The van der Waals surface area contributed by atoms with Crippen LogP contribution in [0.5, 0.6) is 0 Å². The molecule has 0 aliphatic carbocycles. The van der Waals surface area contributed by atoms with Crippen LogP contribution < -0.4 is 15.5 Å². The van der Waals surface area contributed by atoms with Crippen molar-refractivity contribution in [2.75, 3.05) is 25.0 Å². The lowest BCUT2D eigenvalue weighted by Crippen LogP contribution is -2.44. The van der Waals surface area contributed by atoms with Crippen LogP contribution in [0.4, 0.5) is 14.5 Å². The van der Waals surface area contributed by atoms with Crippen LogP contribution in [0.3, 0.4) is 0 Å². The van der Waals surface area contributed by atoms with E-state index in [0.29, 0.717) is 31.5 Å². The predicted octanol–water partition coefficient (Wildman–Crippen LogP) is 3.81. The highest BCUT2D eigenvalue weighted by molar-refractivity contribution is 14.0. The number of rotatable bonds is 4. The van der Waals surface area contributed by atoms with Crippen LogP contribution in [-0.4, -0.2) is 37.1 Å². The fraction of sp³-hybridized carbons (Fsp3) is 0.500. The molecule has 1 aliphatic rings. The largest absolute Gasteiger partial charge is 0.443 e. The minimum Gasteiger partial charge on any atom is -0.443 e. The van der Waals surface area contributed by atoms with Gasteiger partial charge in [0, 0.05) is 31.6 Å². The number of nitrogens with one attached hydrogen (secondary N) is 2. The Balaban J connectivity index is 0.00000300. The highest BCUT2D eigenvalue weighted by Gasteiger charge is 2.27. The Hall–Kier alpha value is -1.91. The first kappa shape index (κ1) is 23.4. The number of hydrogen-bond acceptors (Lipinski definition) is 4. The van der Waals surface area contributed by atoms with E-state index in [2.05, 4.69) is 41.4 Å². The number of benzene rings is 1. The number of anilines is 1. The fourth-order valence-corrected chi connectivity index (χ4v) is 3.16. The standard InChI is InChI=1S/C20H27F2N5O.HI/c1-20(2,3)16-10-24-17(28-16)11-25-19(23-4)26-13-8-9-27(12-13)18-14(21)6-5-7-15(18)22;/h5-7,10,13H,8-9,11-12H2,1-4H3,(H2,23,25,26);1H. The highest BCUT2D eigenvalue weighted by Crippen LogP contribution is 2.26. The van der Waals surface area contributed by atoms with Crippen LogP contribution in [0.2, 0.25) is 0 Å². The van der Waals surface area contributed by atoms with E-state index in [4.69, 9.17) is 4.42 Å². The molecule has 0 saturated carbocycles. The van der Waals surface area contributed by atoms with Gasteiger partial charge in [-0.3, -0.25) is 4.99 Å². The molecule has 0 bridgehead atoms. The topological polar surface area (TPSA) is 65.7 Å². The SMILES string of the molecule is CN=C(NCc1ncc(C(C)(C)C)o1)NC1CCN(c2c(F)cccc2F)C1.I. The number of aliphatic imine (C=N–C) groups is 1. The zero-order valence-corrected chi connectivity index (χ0v) is 19.5. The third-order valence-electron chi connectivity index (χ3n) is 4.71. The number of halogens is 3. The second-order valence-corrected chi connectivity index (χ2v) is 7.94. The summed E-state index contributed by atoms with van der Waals surface area (Å²) in [6.45, 7) is 7.65. The smallest absolute Gasteiger partial charge is 0.213 e. The van der Waals surface area contributed by atoms with Gasteiger partial charge in [-0.2, -0.15) is 0 Å². The number of aromatic nitrogens is 1. The molecule has 2 N–H and O–H groups in total. The average Bonchev–Trinajstić information content (AvgIpc) is 3.28. The van der Waals surface area contributed by atoms with Crippen molar-refractivity contribution < 1.29 is 13.2 Å². The number of oxazole rings is 1. The molecule has 6 nitrogen and oxygen atoms in total. The van der Waals surface area contributed by atoms with Crippen molar-refractivity contribution in [2.24, 2.45) is 4.99 Å². The molecule has 0 radical (unpaired) electrons. The molecule has 1 unspecified atom stereocenters. The molecular weight excluding hydrogens is 491 g/mol. The van der Waals surface area contributed by atoms with Crippen LogP contribution in [0, 0.1) is 11.6 Å². The number of para-hydroxylation sites is 1. The van der Waals surface area contributed by atoms with Gasteiger partial charge in [-0.25, -0.2) is 13.8 Å². The van der Waals surface area contributed by atoms with E-state index in [1.54, 1.807) is 18.1 Å². The number of hydrogen-bond donors (Lipinski definition) is 2. The van der Waals surface area contributed by atoms with E-state index in [1.807, 2.05) is 0 Å². The molecule has 1 aromatic carbocycles. The lowest BCUT2D eigenvalue weighted by atomic mass is 9.94. The third kappa shape index (κ3) is 5.80. The van der Waals surface area contributed by atoms with Gasteiger partial charge >= 0.3 is 0 Å². The molecule has 3 rings (SSSR count). The molecule has 2 heterocycles. The Morgan fingerprint density at radius 3 is 2.59 bits per heavy atom. The van der Waals surface area contributed by atoms with Gasteiger partial charge in [-0.05, 0) is 18.6 Å². The first-order chi connectivity index (χ1) is 13.3. The zero-order valence-electron chi connectivity index (χ0n) is 17.1. The fourth-order valence-electron chi connectivity index (χ4n) is 3.16. The first-order valence-electron chi connectivity index (χ1n) is 9.39. The molecule has 160 valence electrons. The molecule has 29 heavy (non-hydrogen) atoms. The quantitative estimate of drug-likeness (QED) is 0.366. The number of nitrogens with zero attached hydrogens (tertiary/aromatic N) is 3. The van der Waals surface area contributed by atoms with Crippen molar-refractivity contribution in [3.05, 3.63) is 47.7 Å². The molecule has 1 saturated heterocycles. The van der Waals surface area contributed by atoms with Crippen molar-refractivity contribution in [2.45, 2.75) is 45.2 Å². The summed E-state index contributed by atoms with van der Waals surface area (Å²) in [4.78, 5) is 10.2. The van der Waals surface area contributed by atoms with Gasteiger partial charge in [-0.15, -0.1) is 24.0 Å². The summed E-state index contributed by atoms with van der Waals surface area (Å²) in [5.41, 5.74) is -0.0651. The Morgan fingerprint density at radius 2 is 2.00 bits per heavy atom. The van der Waals surface area contributed by atoms with Crippen LogP contribution in [-0.2, 0) is 12.0 Å². The van der Waals surface area contributed by atoms with Crippen molar-refractivity contribution in [3.63, 3.8) is 0 Å². The van der Waals surface area contributed by atoms with E-state index in [1.165, 1.54) is 18.2 Å². The monoisotopic (exact) mass is 519 g/mol. The Kier molecular flexibility index (Phi) is 7.84. The summed E-state index contributed by atoms with van der Waals surface area (Å²) in [6, 6.07) is 3.96. The van der Waals surface area contributed by atoms with Gasteiger partial charge in [0.1, 0.15) is 23.1 Å². The second-order valence-electron chi connectivity index (χ2n) is 7.94. The maximum atomic E-state index is 14.0. The van der Waals surface area contributed by atoms with E-state index >= 15 is 0 Å². The van der Waals surface area contributed by atoms with Crippen LogP contribution in [0.25, 0.3) is 0 Å². The average molecular weight is 519 g/mol. The first-order valence-corrected chi connectivity index (χ1v) is 9.39. The maximum absolute atomic E-state index is 14.0. The van der Waals surface area contributed by atoms with Gasteiger partial charge < -0.3 is 20.0 Å². The summed E-state index contributed by atoms with van der Waals surface area (Å²) in [7, 11) is 1.68. The lowest BCUT2D eigenvalue weighted by Gasteiger charge is -2.21. The van der Waals surface area contributed by atoms with Crippen molar-refractivity contribution in [1.29, 1.82) is 0 Å². The van der Waals surface area contributed by atoms with Crippen LogP contribution in [0.1, 0.15) is 38.8 Å². The molecule has 0 amide bonds. The molecule has 1 aliphatic heterocycles. The summed E-state index contributed by atoms with van der Waals surface area (Å²) >= 11 is 0. The van der Waals surface area contributed by atoms with Gasteiger partial charge in [0.25, 0.3) is 0 Å². The minimum absolute atomic E-state index is 0. The lowest BCUT2D eigenvalue weighted by molar-refractivity contribution is 0.379. The molecular formula is C20H28F2IN5O. The Morgan fingerprint density at radius 1 is 1.31 bits per heavy atom. The molecule has 0 spiro atoms. The minimum atomic E-state index is -0.540. The molecule has 2 aromatic rings. The van der Waals surface area contributed by atoms with E-state index in [-0.39, 0.29) is 41.1 Å². The van der Waals surface area contributed by atoms with Gasteiger partial charge in [0.15, 0.2) is 5.96 Å². The molecule has 9 heteroatoms. The van der Waals surface area contributed by atoms with Gasteiger partial charge in [-0.1, -0.05) is 26.8 Å². The Bertz CT molecular complexity index is 829. The summed E-state index contributed by atoms with van der Waals surface area (Å²) in [5.74, 6) is 0.916. The van der Waals surface area contributed by atoms with Crippen LogP contribution >= 0.6 is 24.0 Å². The maximum Gasteiger partial charge on any atom is 0.213 e. The van der Waals surface area contributed by atoms with E-state index < -0.39 is 11.6 Å². The normalized spacial score (nSPS) is 17.2. The molecule has 1 atom stereocenters. The third-order valence-corrected chi connectivity index (χ3v) is 4.71. The van der Waals surface area contributed by atoms with E-state index in [0.717, 1.165) is 12.2 Å². The Labute approximate surface area is 187 Å². The van der Waals surface area contributed by atoms with Crippen LogP contribution in [0.15, 0.2) is 33.8 Å². The number of guanidine groups is 1. The molecule has 1 aromatic heterocycles. The summed E-state index contributed by atoms with van der Waals surface area (Å²) in [5, 5.41) is 6.47. The van der Waals surface area contributed by atoms with Gasteiger partial charge in [0.05, 0.1) is 12.7 Å². The summed E-state index contributed by atoms with van der Waals surface area (Å²) in [6.07, 6.45) is 2.49. The van der Waals surface area contributed by atoms with E-state index in [9.17, 15) is 8.78 Å². The van der Waals surface area contributed by atoms with Gasteiger partial charge in [0.2, 0.25) is 5.89 Å². The van der Waals surface area contributed by atoms with Crippen molar-refractivity contribution >= 4 is 35.6 Å². The van der Waals surface area contributed by atoms with Crippen molar-refractivity contribution in [3.8, 4) is 0 Å². The molecule has 1 fully saturated rings. The second kappa shape index (κ2) is 9.73. The highest BCUT2D eigenvalue weighted by atomic mass is 127.